The van der Waals surface area contributed by atoms with E-state index in [9.17, 15) is 4.79 Å². The van der Waals surface area contributed by atoms with Crippen LogP contribution >= 0.6 is 0 Å². The molecule has 0 bridgehead atoms. The molecule has 1 amide bonds. The van der Waals surface area contributed by atoms with Crippen LogP contribution in [-0.2, 0) is 0 Å². The lowest BCUT2D eigenvalue weighted by molar-refractivity contribution is 0.189. The van der Waals surface area contributed by atoms with Gasteiger partial charge in [0.05, 0.1) is 0 Å². The van der Waals surface area contributed by atoms with Gasteiger partial charge in [0.15, 0.2) is 0 Å². The Balaban J connectivity index is 2.12. The monoisotopic (exact) mass is 248 g/mol. The molecule has 1 fully saturated rings. The molecule has 18 heavy (non-hydrogen) atoms. The summed E-state index contributed by atoms with van der Waals surface area (Å²) in [6.45, 7) is 4.52. The van der Waals surface area contributed by atoms with E-state index in [0.717, 1.165) is 19.5 Å². The predicted molar refractivity (Wildman–Crippen MR) is 70.9 cm³/mol. The number of carbonyl (C=O) groups is 1. The summed E-state index contributed by atoms with van der Waals surface area (Å²) in [5.41, 5.74) is 2.65. The molecule has 98 valence electrons. The lowest BCUT2D eigenvalue weighted by Crippen LogP contribution is -2.42. The number of rotatable bonds is 3. The van der Waals surface area contributed by atoms with Crippen molar-refractivity contribution < 1.29 is 9.90 Å². The molecule has 1 heterocycles. The normalized spacial score (nSPS) is 23.6. The van der Waals surface area contributed by atoms with Crippen LogP contribution in [0.25, 0.3) is 0 Å². The SMILES string of the molecule is Cc1ccccc1[C@H]1CCNC[C@@H]1CNC(=O)O. The van der Waals surface area contributed by atoms with Crippen molar-refractivity contribution in [2.45, 2.75) is 19.3 Å². The molecule has 2 rings (SSSR count). The molecule has 4 nitrogen and oxygen atoms in total. The highest BCUT2D eigenvalue weighted by molar-refractivity contribution is 5.64. The van der Waals surface area contributed by atoms with Crippen LogP contribution in [0.2, 0.25) is 0 Å². The third-order valence-electron chi connectivity index (χ3n) is 3.71. The fourth-order valence-electron chi connectivity index (χ4n) is 2.77. The predicted octanol–water partition coefficient (Wildman–Crippen LogP) is 1.96. The zero-order valence-electron chi connectivity index (χ0n) is 10.6. The Morgan fingerprint density at radius 1 is 1.50 bits per heavy atom. The fraction of sp³-hybridized carbons (Fsp3) is 0.500. The number of nitrogens with one attached hydrogen (secondary N) is 2. The Hall–Kier alpha value is -1.55. The molecule has 2 atom stereocenters. The van der Waals surface area contributed by atoms with Crippen LogP contribution in [0.3, 0.4) is 0 Å². The average molecular weight is 248 g/mol. The molecule has 0 saturated carbocycles. The highest BCUT2D eigenvalue weighted by atomic mass is 16.4. The van der Waals surface area contributed by atoms with Crippen LogP contribution in [0.1, 0.15) is 23.5 Å². The van der Waals surface area contributed by atoms with Gasteiger partial charge in [0, 0.05) is 13.1 Å². The summed E-state index contributed by atoms with van der Waals surface area (Å²) < 4.78 is 0. The van der Waals surface area contributed by atoms with Crippen LogP contribution in [-0.4, -0.2) is 30.8 Å². The summed E-state index contributed by atoms with van der Waals surface area (Å²) in [6, 6.07) is 8.40. The van der Waals surface area contributed by atoms with E-state index in [1.54, 1.807) is 0 Å². The van der Waals surface area contributed by atoms with Gasteiger partial charge >= 0.3 is 6.09 Å². The number of amides is 1. The van der Waals surface area contributed by atoms with Crippen LogP contribution in [0.4, 0.5) is 4.79 Å². The third kappa shape index (κ3) is 3.01. The van der Waals surface area contributed by atoms with E-state index in [0.29, 0.717) is 18.4 Å². The minimum absolute atomic E-state index is 0.330. The first kappa shape index (κ1) is 12.9. The number of piperidine rings is 1. The van der Waals surface area contributed by atoms with Crippen molar-refractivity contribution in [2.75, 3.05) is 19.6 Å². The number of carboxylic acid groups (broad SMARTS) is 1. The smallest absolute Gasteiger partial charge is 0.404 e. The van der Waals surface area contributed by atoms with Gasteiger partial charge in [-0.2, -0.15) is 0 Å². The maximum absolute atomic E-state index is 10.6. The number of hydrogen-bond donors (Lipinski definition) is 3. The summed E-state index contributed by atoms with van der Waals surface area (Å²) >= 11 is 0. The molecule has 1 aromatic rings. The second-order valence-corrected chi connectivity index (χ2v) is 4.90. The molecule has 1 aliphatic rings. The Kier molecular flexibility index (Phi) is 4.20. The first-order valence-corrected chi connectivity index (χ1v) is 6.41. The van der Waals surface area contributed by atoms with E-state index in [4.69, 9.17) is 5.11 Å². The van der Waals surface area contributed by atoms with Gasteiger partial charge in [0.25, 0.3) is 0 Å². The average Bonchev–Trinajstić information content (AvgIpc) is 2.37. The molecule has 0 unspecified atom stereocenters. The second kappa shape index (κ2) is 5.87. The molecule has 1 saturated heterocycles. The first-order chi connectivity index (χ1) is 8.68. The molecule has 1 aliphatic heterocycles. The van der Waals surface area contributed by atoms with Gasteiger partial charge in [0.2, 0.25) is 0 Å². The Morgan fingerprint density at radius 3 is 3.00 bits per heavy atom. The molecule has 0 radical (unpaired) electrons. The van der Waals surface area contributed by atoms with Crippen molar-refractivity contribution in [2.24, 2.45) is 5.92 Å². The Labute approximate surface area is 107 Å². The van der Waals surface area contributed by atoms with E-state index < -0.39 is 6.09 Å². The zero-order valence-corrected chi connectivity index (χ0v) is 10.6. The molecule has 1 aromatic carbocycles. The van der Waals surface area contributed by atoms with Crippen LogP contribution in [0.15, 0.2) is 24.3 Å². The quantitative estimate of drug-likeness (QED) is 0.766. The standard InChI is InChI=1S/C14H20N2O2/c1-10-4-2-3-5-12(10)13-6-7-15-8-11(13)9-16-14(17)18/h2-5,11,13,15-16H,6-9H2,1H3,(H,17,18)/t11-,13+/m1/s1. The van der Waals surface area contributed by atoms with Crippen LogP contribution in [0.5, 0.6) is 0 Å². The van der Waals surface area contributed by atoms with E-state index in [2.05, 4.69) is 35.8 Å². The fourth-order valence-corrected chi connectivity index (χ4v) is 2.77. The van der Waals surface area contributed by atoms with Crippen molar-refractivity contribution >= 4 is 6.09 Å². The molecule has 3 N–H and O–H groups in total. The van der Waals surface area contributed by atoms with E-state index >= 15 is 0 Å². The third-order valence-corrected chi connectivity index (χ3v) is 3.71. The van der Waals surface area contributed by atoms with Gasteiger partial charge < -0.3 is 15.7 Å². The highest BCUT2D eigenvalue weighted by Gasteiger charge is 2.27. The largest absolute Gasteiger partial charge is 0.465 e. The van der Waals surface area contributed by atoms with E-state index in [-0.39, 0.29) is 0 Å². The number of benzene rings is 1. The van der Waals surface area contributed by atoms with E-state index in [1.165, 1.54) is 11.1 Å². The summed E-state index contributed by atoms with van der Waals surface area (Å²) in [5.74, 6) is 0.773. The lowest BCUT2D eigenvalue weighted by Gasteiger charge is -2.33. The summed E-state index contributed by atoms with van der Waals surface area (Å²) in [6.07, 6.45) is 0.126. The number of hydrogen-bond acceptors (Lipinski definition) is 2. The summed E-state index contributed by atoms with van der Waals surface area (Å²) in [5, 5.41) is 14.6. The van der Waals surface area contributed by atoms with Gasteiger partial charge in [-0.15, -0.1) is 0 Å². The maximum atomic E-state index is 10.6. The number of aryl methyl sites for hydroxylation is 1. The van der Waals surface area contributed by atoms with Crippen molar-refractivity contribution in [3.8, 4) is 0 Å². The van der Waals surface area contributed by atoms with Gasteiger partial charge in [0.1, 0.15) is 0 Å². The minimum atomic E-state index is -0.941. The van der Waals surface area contributed by atoms with Crippen molar-refractivity contribution in [3.05, 3.63) is 35.4 Å². The van der Waals surface area contributed by atoms with E-state index in [1.807, 2.05) is 6.07 Å². The molecule has 0 aliphatic carbocycles. The molecule has 4 heteroatoms. The zero-order chi connectivity index (χ0) is 13.0. The van der Waals surface area contributed by atoms with Gasteiger partial charge in [-0.05, 0) is 42.9 Å². The van der Waals surface area contributed by atoms with Gasteiger partial charge in [-0.1, -0.05) is 24.3 Å². The maximum Gasteiger partial charge on any atom is 0.404 e. The van der Waals surface area contributed by atoms with Crippen LogP contribution in [0, 0.1) is 12.8 Å². The molecular formula is C14H20N2O2. The topological polar surface area (TPSA) is 61.4 Å². The molecule has 0 spiro atoms. The summed E-state index contributed by atoms with van der Waals surface area (Å²) in [4.78, 5) is 10.6. The van der Waals surface area contributed by atoms with Gasteiger partial charge in [-0.3, -0.25) is 0 Å². The highest BCUT2D eigenvalue weighted by Crippen LogP contribution is 2.31. The van der Waals surface area contributed by atoms with Crippen molar-refractivity contribution in [1.82, 2.24) is 10.6 Å². The molecule has 0 aromatic heterocycles. The van der Waals surface area contributed by atoms with Gasteiger partial charge in [-0.25, -0.2) is 4.79 Å². The molecular weight excluding hydrogens is 228 g/mol. The van der Waals surface area contributed by atoms with Crippen LogP contribution < -0.4 is 10.6 Å². The lowest BCUT2D eigenvalue weighted by atomic mass is 9.79. The second-order valence-electron chi connectivity index (χ2n) is 4.90. The Bertz CT molecular complexity index is 420. The Morgan fingerprint density at radius 2 is 2.28 bits per heavy atom. The van der Waals surface area contributed by atoms with Crippen molar-refractivity contribution in [1.29, 1.82) is 0 Å². The first-order valence-electron chi connectivity index (χ1n) is 6.41. The minimum Gasteiger partial charge on any atom is -0.465 e. The summed E-state index contributed by atoms with van der Waals surface area (Å²) in [7, 11) is 0. The van der Waals surface area contributed by atoms with Crippen molar-refractivity contribution in [3.63, 3.8) is 0 Å².